The molecule has 2 nitrogen and oxygen atoms in total. The summed E-state index contributed by atoms with van der Waals surface area (Å²) in [6.45, 7) is 2.03. The average Bonchev–Trinajstić information content (AvgIpc) is 2.62. The minimum absolute atomic E-state index is 0.416. The Kier molecular flexibility index (Phi) is 4.15. The smallest absolute Gasteiger partial charge is 0.233 e. The quantitative estimate of drug-likeness (QED) is 0.516. The summed E-state index contributed by atoms with van der Waals surface area (Å²) in [6.07, 6.45) is 0. The van der Waals surface area contributed by atoms with Gasteiger partial charge in [0.15, 0.2) is 0 Å². The fraction of sp³-hybridized carbons (Fsp3) is 0.0476. The van der Waals surface area contributed by atoms with Crippen LogP contribution < -0.4 is 0 Å². The van der Waals surface area contributed by atoms with Crippen LogP contribution in [0.4, 0.5) is 0 Å². The third-order valence-corrected chi connectivity index (χ3v) is 3.82. The molecule has 0 spiro atoms. The van der Waals surface area contributed by atoms with E-state index < -0.39 is 11.6 Å². The summed E-state index contributed by atoms with van der Waals surface area (Å²) in [5.41, 5.74) is 3.97. The van der Waals surface area contributed by atoms with Gasteiger partial charge < -0.3 is 0 Å². The first kappa shape index (κ1) is 14.9. The largest absolute Gasteiger partial charge is 0.285 e. The van der Waals surface area contributed by atoms with Crippen molar-refractivity contribution in [2.24, 2.45) is 0 Å². The van der Waals surface area contributed by atoms with E-state index in [1.54, 1.807) is 36.4 Å². The van der Waals surface area contributed by atoms with Crippen molar-refractivity contribution in [3.05, 3.63) is 95.6 Å². The summed E-state index contributed by atoms with van der Waals surface area (Å²) in [6, 6.07) is 23.9. The van der Waals surface area contributed by atoms with Gasteiger partial charge in [0.1, 0.15) is 0 Å². The second kappa shape index (κ2) is 6.41. The Hall–Kier alpha value is -3.00. The molecule has 0 amide bonds. The highest BCUT2D eigenvalue weighted by Gasteiger charge is 2.18. The van der Waals surface area contributed by atoms with Gasteiger partial charge in [-0.15, -0.1) is 0 Å². The zero-order chi connectivity index (χ0) is 16.2. The van der Waals surface area contributed by atoms with E-state index in [4.69, 9.17) is 0 Å². The van der Waals surface area contributed by atoms with E-state index in [1.165, 1.54) is 0 Å². The van der Waals surface area contributed by atoms with Crippen molar-refractivity contribution in [1.82, 2.24) is 0 Å². The Morgan fingerprint density at radius 1 is 0.652 bits per heavy atom. The van der Waals surface area contributed by atoms with Gasteiger partial charge in [0.25, 0.3) is 0 Å². The number of Topliss-reactive ketones (excluding diaryl/α,β-unsaturated/α-hetero) is 2. The molecule has 3 rings (SSSR count). The van der Waals surface area contributed by atoms with Crippen molar-refractivity contribution in [2.75, 3.05) is 0 Å². The molecule has 112 valence electrons. The average molecular weight is 300 g/mol. The zero-order valence-corrected chi connectivity index (χ0v) is 12.8. The van der Waals surface area contributed by atoms with Gasteiger partial charge in [-0.3, -0.25) is 9.59 Å². The van der Waals surface area contributed by atoms with Gasteiger partial charge in [-0.25, -0.2) is 0 Å². The standard InChI is InChI=1S/C21H16O2/c1-15-8-5-6-13-19(15)17-11-7-12-18(14-17)21(23)20(22)16-9-3-2-4-10-16/h2-14H,1H3. The first-order chi connectivity index (χ1) is 11.2. The van der Waals surface area contributed by atoms with E-state index in [2.05, 4.69) is 0 Å². The van der Waals surface area contributed by atoms with E-state index in [-0.39, 0.29) is 0 Å². The molecule has 0 aliphatic carbocycles. The fourth-order valence-corrected chi connectivity index (χ4v) is 2.58. The number of hydrogen-bond acceptors (Lipinski definition) is 2. The van der Waals surface area contributed by atoms with Gasteiger partial charge in [-0.2, -0.15) is 0 Å². The molecule has 0 saturated heterocycles. The van der Waals surface area contributed by atoms with Crippen molar-refractivity contribution < 1.29 is 9.59 Å². The molecule has 0 unspecified atom stereocenters. The minimum Gasteiger partial charge on any atom is -0.285 e. The monoisotopic (exact) mass is 300 g/mol. The van der Waals surface area contributed by atoms with Crippen LogP contribution in [0, 0.1) is 6.92 Å². The van der Waals surface area contributed by atoms with Crippen molar-refractivity contribution in [1.29, 1.82) is 0 Å². The van der Waals surface area contributed by atoms with Gasteiger partial charge in [-0.1, -0.05) is 72.8 Å². The number of ketones is 2. The molecule has 23 heavy (non-hydrogen) atoms. The molecule has 3 aromatic rings. The molecular weight excluding hydrogens is 284 g/mol. The van der Waals surface area contributed by atoms with Crippen LogP contribution in [0.5, 0.6) is 0 Å². The number of carbonyl (C=O) groups is 2. The van der Waals surface area contributed by atoms with Gasteiger partial charge in [0, 0.05) is 11.1 Å². The molecule has 2 heteroatoms. The molecule has 0 N–H and O–H groups in total. The molecular formula is C21H16O2. The van der Waals surface area contributed by atoms with E-state index >= 15 is 0 Å². The molecule has 0 fully saturated rings. The summed E-state index contributed by atoms with van der Waals surface area (Å²) in [4.78, 5) is 24.8. The molecule has 0 aromatic heterocycles. The van der Waals surface area contributed by atoms with E-state index in [0.717, 1.165) is 16.7 Å². The second-order valence-electron chi connectivity index (χ2n) is 5.42. The Labute approximate surface area is 135 Å². The predicted molar refractivity (Wildman–Crippen MR) is 91.7 cm³/mol. The van der Waals surface area contributed by atoms with Gasteiger partial charge in [-0.05, 0) is 29.7 Å². The maximum Gasteiger partial charge on any atom is 0.233 e. The summed E-state index contributed by atoms with van der Waals surface area (Å²) in [7, 11) is 0. The van der Waals surface area contributed by atoms with Crippen molar-refractivity contribution >= 4 is 11.6 Å². The number of rotatable bonds is 4. The Morgan fingerprint density at radius 3 is 2.00 bits per heavy atom. The van der Waals surface area contributed by atoms with Crippen LogP contribution in [0.15, 0.2) is 78.9 Å². The minimum atomic E-state index is -0.480. The summed E-state index contributed by atoms with van der Waals surface area (Å²) in [5, 5.41) is 0. The lowest BCUT2D eigenvalue weighted by atomic mass is 9.95. The van der Waals surface area contributed by atoms with Gasteiger partial charge >= 0.3 is 0 Å². The molecule has 0 aliphatic rings. The Balaban J connectivity index is 1.96. The van der Waals surface area contributed by atoms with Crippen LogP contribution in [0.3, 0.4) is 0 Å². The summed E-state index contributed by atoms with van der Waals surface area (Å²) >= 11 is 0. The lowest BCUT2D eigenvalue weighted by molar-refractivity contribution is 0.0817. The topological polar surface area (TPSA) is 34.1 Å². The van der Waals surface area contributed by atoms with E-state index in [1.807, 2.05) is 49.4 Å². The van der Waals surface area contributed by atoms with Crippen LogP contribution in [0.2, 0.25) is 0 Å². The van der Waals surface area contributed by atoms with Crippen molar-refractivity contribution in [3.8, 4) is 11.1 Å². The first-order valence-corrected chi connectivity index (χ1v) is 7.47. The highest BCUT2D eigenvalue weighted by atomic mass is 16.2. The molecule has 0 radical (unpaired) electrons. The Bertz CT molecular complexity index is 864. The number of benzene rings is 3. The third kappa shape index (κ3) is 3.11. The van der Waals surface area contributed by atoms with Crippen molar-refractivity contribution in [2.45, 2.75) is 6.92 Å². The summed E-state index contributed by atoms with van der Waals surface area (Å²) < 4.78 is 0. The number of hydrogen-bond donors (Lipinski definition) is 0. The maximum absolute atomic E-state index is 12.5. The zero-order valence-electron chi connectivity index (χ0n) is 12.8. The van der Waals surface area contributed by atoms with E-state index in [9.17, 15) is 9.59 Å². The fourth-order valence-electron chi connectivity index (χ4n) is 2.58. The van der Waals surface area contributed by atoms with E-state index in [0.29, 0.717) is 11.1 Å². The molecule has 0 bridgehead atoms. The van der Waals surface area contributed by atoms with Crippen LogP contribution in [0.25, 0.3) is 11.1 Å². The first-order valence-electron chi connectivity index (χ1n) is 7.47. The molecule has 0 saturated carbocycles. The second-order valence-corrected chi connectivity index (χ2v) is 5.42. The van der Waals surface area contributed by atoms with Crippen LogP contribution in [-0.4, -0.2) is 11.6 Å². The highest BCUT2D eigenvalue weighted by Crippen LogP contribution is 2.24. The van der Waals surface area contributed by atoms with Crippen LogP contribution in [0.1, 0.15) is 26.3 Å². The highest BCUT2D eigenvalue weighted by molar-refractivity contribution is 6.49. The lowest BCUT2D eigenvalue weighted by Gasteiger charge is -2.07. The van der Waals surface area contributed by atoms with Gasteiger partial charge in [0.05, 0.1) is 0 Å². The number of aryl methyl sites for hydroxylation is 1. The number of carbonyl (C=O) groups excluding carboxylic acids is 2. The van der Waals surface area contributed by atoms with Gasteiger partial charge in [0.2, 0.25) is 11.6 Å². The molecule has 0 aliphatic heterocycles. The lowest BCUT2D eigenvalue weighted by Crippen LogP contribution is -2.14. The molecule has 0 heterocycles. The maximum atomic E-state index is 12.5. The predicted octanol–water partition coefficient (Wildman–Crippen LogP) is 4.73. The van der Waals surface area contributed by atoms with Crippen molar-refractivity contribution in [3.63, 3.8) is 0 Å². The van der Waals surface area contributed by atoms with Crippen LogP contribution in [-0.2, 0) is 0 Å². The summed E-state index contributed by atoms with van der Waals surface area (Å²) in [5.74, 6) is -0.959. The van der Waals surface area contributed by atoms with Crippen LogP contribution >= 0.6 is 0 Å². The SMILES string of the molecule is Cc1ccccc1-c1cccc(C(=O)C(=O)c2ccccc2)c1. The molecule has 0 atom stereocenters. The normalized spacial score (nSPS) is 10.3. The third-order valence-electron chi connectivity index (χ3n) is 3.82. The molecule has 3 aromatic carbocycles. The Morgan fingerprint density at radius 2 is 1.26 bits per heavy atom.